The maximum Gasteiger partial charge on any atom is 0.227 e. The van der Waals surface area contributed by atoms with E-state index in [4.69, 9.17) is 4.74 Å². The van der Waals surface area contributed by atoms with E-state index in [1.54, 1.807) is 7.11 Å². The average molecular weight is 246 g/mol. The lowest BCUT2D eigenvalue weighted by Crippen LogP contribution is -2.13. The molecule has 0 radical (unpaired) electrons. The molecule has 1 aromatic heterocycles. The molecule has 2 rings (SSSR count). The molecule has 2 aromatic rings. The van der Waals surface area contributed by atoms with Crippen molar-refractivity contribution in [2.45, 2.75) is 12.8 Å². The summed E-state index contributed by atoms with van der Waals surface area (Å²) < 4.78 is 5.22. The molecule has 0 fully saturated rings. The summed E-state index contributed by atoms with van der Waals surface area (Å²) in [6, 6.07) is 7.65. The van der Waals surface area contributed by atoms with Crippen LogP contribution in [0, 0.1) is 0 Å². The van der Waals surface area contributed by atoms with E-state index in [0.29, 0.717) is 18.8 Å². The summed E-state index contributed by atoms with van der Waals surface area (Å²) in [5.74, 6) is 1.04. The normalized spacial score (nSPS) is 10.1. The number of nitrogens with one attached hydrogen (secondary N) is 2. The lowest BCUT2D eigenvalue weighted by Gasteiger charge is -2.07. The van der Waals surface area contributed by atoms with Crippen LogP contribution in [0.2, 0.25) is 0 Å². The highest BCUT2D eigenvalue weighted by Gasteiger charge is 2.07. The monoisotopic (exact) mass is 246 g/mol. The van der Waals surface area contributed by atoms with Crippen LogP contribution in [-0.4, -0.2) is 28.2 Å². The van der Waals surface area contributed by atoms with Crippen LogP contribution in [-0.2, 0) is 11.2 Å². The van der Waals surface area contributed by atoms with Crippen molar-refractivity contribution in [1.82, 2.24) is 15.2 Å². The van der Waals surface area contributed by atoms with Crippen LogP contribution < -0.4 is 10.1 Å². The summed E-state index contributed by atoms with van der Waals surface area (Å²) in [5.41, 5.74) is 1.01. The van der Waals surface area contributed by atoms with Crippen LogP contribution in [0.5, 0.6) is 5.75 Å². The van der Waals surface area contributed by atoms with Crippen molar-refractivity contribution >= 4 is 11.9 Å². The number of carbonyl (C=O) groups excluding carboxylic acids is 1. The van der Waals surface area contributed by atoms with Crippen molar-refractivity contribution in [2.24, 2.45) is 0 Å². The van der Waals surface area contributed by atoms with Gasteiger partial charge in [0.05, 0.1) is 7.11 Å². The van der Waals surface area contributed by atoms with E-state index in [1.165, 1.54) is 6.33 Å². The first-order chi connectivity index (χ1) is 8.79. The highest BCUT2D eigenvalue weighted by Crippen LogP contribution is 2.18. The van der Waals surface area contributed by atoms with Gasteiger partial charge in [-0.15, -0.1) is 0 Å². The molecule has 0 unspecified atom stereocenters. The zero-order chi connectivity index (χ0) is 12.8. The average Bonchev–Trinajstić information content (AvgIpc) is 2.89. The second-order valence-electron chi connectivity index (χ2n) is 3.69. The van der Waals surface area contributed by atoms with E-state index in [2.05, 4.69) is 20.5 Å². The number of aromatic nitrogens is 3. The van der Waals surface area contributed by atoms with Gasteiger partial charge < -0.3 is 4.74 Å². The van der Waals surface area contributed by atoms with Crippen molar-refractivity contribution in [3.8, 4) is 5.75 Å². The number of ether oxygens (including phenoxy) is 1. The second-order valence-corrected chi connectivity index (χ2v) is 3.69. The Bertz CT molecular complexity index is 511. The van der Waals surface area contributed by atoms with E-state index in [0.717, 1.165) is 11.3 Å². The molecule has 0 bridgehead atoms. The minimum atomic E-state index is -0.113. The molecular weight excluding hydrogens is 232 g/mol. The first-order valence-corrected chi connectivity index (χ1v) is 5.56. The third-order valence-corrected chi connectivity index (χ3v) is 2.49. The molecule has 94 valence electrons. The summed E-state index contributed by atoms with van der Waals surface area (Å²) in [5, 5.41) is 8.84. The standard InChI is InChI=1S/C12H14N4O2/c1-18-10-5-3-2-4-9(10)6-7-11(17)15-12-13-8-14-16-12/h2-5,8H,6-7H2,1H3,(H2,13,14,15,16,17). The van der Waals surface area contributed by atoms with Crippen LogP contribution in [0.15, 0.2) is 30.6 Å². The van der Waals surface area contributed by atoms with Gasteiger partial charge in [0.15, 0.2) is 0 Å². The number of benzene rings is 1. The minimum Gasteiger partial charge on any atom is -0.496 e. The Balaban J connectivity index is 1.89. The van der Waals surface area contributed by atoms with Gasteiger partial charge in [-0.2, -0.15) is 10.1 Å². The summed E-state index contributed by atoms with van der Waals surface area (Å²) in [6.45, 7) is 0. The molecule has 6 heteroatoms. The van der Waals surface area contributed by atoms with Crippen LogP contribution in [0.25, 0.3) is 0 Å². The Morgan fingerprint density at radius 2 is 2.28 bits per heavy atom. The van der Waals surface area contributed by atoms with Crippen molar-refractivity contribution in [3.05, 3.63) is 36.2 Å². The largest absolute Gasteiger partial charge is 0.496 e. The molecule has 1 aromatic carbocycles. The third kappa shape index (κ3) is 3.07. The number of methoxy groups -OCH3 is 1. The number of rotatable bonds is 5. The SMILES string of the molecule is COc1ccccc1CCC(=O)Nc1ncn[nH]1. The van der Waals surface area contributed by atoms with Crippen molar-refractivity contribution in [2.75, 3.05) is 12.4 Å². The summed E-state index contributed by atoms with van der Waals surface area (Å²) >= 11 is 0. The number of nitrogens with zero attached hydrogens (tertiary/aromatic N) is 2. The molecule has 6 nitrogen and oxygen atoms in total. The van der Waals surface area contributed by atoms with E-state index >= 15 is 0 Å². The quantitative estimate of drug-likeness (QED) is 0.835. The molecule has 0 aliphatic rings. The number of H-pyrrole nitrogens is 1. The number of hydrogen-bond acceptors (Lipinski definition) is 4. The van der Waals surface area contributed by atoms with Gasteiger partial charge in [0.1, 0.15) is 12.1 Å². The molecular formula is C12H14N4O2. The van der Waals surface area contributed by atoms with Crippen molar-refractivity contribution < 1.29 is 9.53 Å². The Kier molecular flexibility index (Phi) is 3.90. The molecule has 0 aliphatic carbocycles. The molecule has 1 heterocycles. The van der Waals surface area contributed by atoms with Crippen molar-refractivity contribution in [1.29, 1.82) is 0 Å². The topological polar surface area (TPSA) is 79.9 Å². The van der Waals surface area contributed by atoms with E-state index < -0.39 is 0 Å². The number of aromatic amines is 1. The first-order valence-electron chi connectivity index (χ1n) is 5.56. The van der Waals surface area contributed by atoms with E-state index in [1.807, 2.05) is 24.3 Å². The lowest BCUT2D eigenvalue weighted by atomic mass is 10.1. The van der Waals surface area contributed by atoms with Crippen LogP contribution in [0.1, 0.15) is 12.0 Å². The Hall–Kier alpha value is -2.37. The van der Waals surface area contributed by atoms with Gasteiger partial charge in [-0.05, 0) is 18.1 Å². The third-order valence-electron chi connectivity index (χ3n) is 2.49. The Morgan fingerprint density at radius 3 is 3.00 bits per heavy atom. The molecule has 0 atom stereocenters. The first kappa shape index (κ1) is 12.1. The number of para-hydroxylation sites is 1. The van der Waals surface area contributed by atoms with E-state index in [-0.39, 0.29) is 5.91 Å². The van der Waals surface area contributed by atoms with Gasteiger partial charge in [-0.25, -0.2) is 5.10 Å². The number of hydrogen-bond donors (Lipinski definition) is 2. The smallest absolute Gasteiger partial charge is 0.227 e. The molecule has 0 saturated carbocycles. The van der Waals surface area contributed by atoms with E-state index in [9.17, 15) is 4.79 Å². The van der Waals surface area contributed by atoms with Crippen LogP contribution in [0.4, 0.5) is 5.95 Å². The Morgan fingerprint density at radius 1 is 1.44 bits per heavy atom. The van der Waals surface area contributed by atoms with Gasteiger partial charge in [0.2, 0.25) is 11.9 Å². The summed E-state index contributed by atoms with van der Waals surface area (Å²) in [4.78, 5) is 15.5. The Labute approximate surface area is 104 Å². The van der Waals surface area contributed by atoms with Gasteiger partial charge >= 0.3 is 0 Å². The fourth-order valence-electron chi connectivity index (χ4n) is 1.62. The minimum absolute atomic E-state index is 0.113. The van der Waals surface area contributed by atoms with Crippen LogP contribution in [0.3, 0.4) is 0 Å². The molecule has 0 spiro atoms. The maximum absolute atomic E-state index is 11.6. The van der Waals surface area contributed by atoms with Crippen molar-refractivity contribution in [3.63, 3.8) is 0 Å². The van der Waals surface area contributed by atoms with Gasteiger partial charge in [0.25, 0.3) is 0 Å². The molecule has 18 heavy (non-hydrogen) atoms. The number of amides is 1. The zero-order valence-corrected chi connectivity index (χ0v) is 10.0. The second kappa shape index (κ2) is 5.81. The van der Waals surface area contributed by atoms with Crippen LogP contribution >= 0.6 is 0 Å². The number of carbonyl (C=O) groups is 1. The summed E-state index contributed by atoms with van der Waals surface area (Å²) in [6.07, 6.45) is 2.32. The van der Waals surface area contributed by atoms with Gasteiger partial charge in [0, 0.05) is 6.42 Å². The highest BCUT2D eigenvalue weighted by molar-refractivity contribution is 5.88. The molecule has 1 amide bonds. The number of aryl methyl sites for hydroxylation is 1. The fourth-order valence-corrected chi connectivity index (χ4v) is 1.62. The molecule has 0 saturated heterocycles. The highest BCUT2D eigenvalue weighted by atomic mass is 16.5. The lowest BCUT2D eigenvalue weighted by molar-refractivity contribution is -0.116. The van der Waals surface area contributed by atoms with Gasteiger partial charge in [-0.3, -0.25) is 10.1 Å². The van der Waals surface area contributed by atoms with Gasteiger partial charge in [-0.1, -0.05) is 18.2 Å². The molecule has 2 N–H and O–H groups in total. The predicted octanol–water partition coefficient (Wildman–Crippen LogP) is 1.38. The molecule has 0 aliphatic heterocycles. The predicted molar refractivity (Wildman–Crippen MR) is 66.3 cm³/mol. The number of anilines is 1. The maximum atomic E-state index is 11.6. The fraction of sp³-hybridized carbons (Fsp3) is 0.250. The zero-order valence-electron chi connectivity index (χ0n) is 10.0. The summed E-state index contributed by atoms with van der Waals surface area (Å²) in [7, 11) is 1.62.